The van der Waals surface area contributed by atoms with Crippen LogP contribution >= 0.6 is 0 Å². The molecule has 0 bridgehead atoms. The third-order valence-electron chi connectivity index (χ3n) is 3.59. The summed E-state index contributed by atoms with van der Waals surface area (Å²) < 4.78 is 19.5. The summed E-state index contributed by atoms with van der Waals surface area (Å²) in [6, 6.07) is 17.6. The lowest BCUT2D eigenvalue weighted by atomic mass is 10.1. The van der Waals surface area contributed by atoms with Gasteiger partial charge in [0.2, 0.25) is 0 Å². The molecule has 0 atom stereocenters. The summed E-state index contributed by atoms with van der Waals surface area (Å²) in [6.07, 6.45) is 1.45. The second-order valence-electron chi connectivity index (χ2n) is 5.24. The van der Waals surface area contributed by atoms with E-state index in [0.717, 1.165) is 0 Å². The van der Waals surface area contributed by atoms with Crippen LogP contribution in [0.15, 0.2) is 65.1 Å². The molecular weight excluding hydrogens is 321 g/mol. The number of aromatic carboxylic acids is 1. The molecule has 1 N–H and O–H groups in total. The fourth-order valence-electron chi connectivity index (χ4n) is 2.38. The van der Waals surface area contributed by atoms with Crippen molar-refractivity contribution in [1.29, 1.82) is 5.26 Å². The molecule has 0 aliphatic heterocycles. The quantitative estimate of drug-likeness (QED) is 0.693. The molecule has 25 heavy (non-hydrogen) atoms. The largest absolute Gasteiger partial charge is 0.478 e. The van der Waals surface area contributed by atoms with Gasteiger partial charge in [0.25, 0.3) is 0 Å². The monoisotopic (exact) mass is 333 g/mol. The van der Waals surface area contributed by atoms with Gasteiger partial charge in [-0.05, 0) is 36.4 Å². The first kappa shape index (κ1) is 16.2. The highest BCUT2D eigenvalue weighted by Gasteiger charge is 2.10. The Morgan fingerprint density at radius 1 is 1.12 bits per heavy atom. The maximum atomic E-state index is 13.8. The van der Waals surface area contributed by atoms with Crippen molar-refractivity contribution >= 4 is 17.6 Å². The Labute approximate surface area is 143 Å². The number of furan rings is 1. The van der Waals surface area contributed by atoms with Gasteiger partial charge in [-0.3, -0.25) is 0 Å². The molecule has 2 aromatic carbocycles. The van der Waals surface area contributed by atoms with E-state index >= 15 is 0 Å². The van der Waals surface area contributed by atoms with Gasteiger partial charge in [-0.25, -0.2) is 9.18 Å². The first-order valence-electron chi connectivity index (χ1n) is 7.39. The summed E-state index contributed by atoms with van der Waals surface area (Å²) in [6.45, 7) is 0. The number of carbonyl (C=O) groups is 1. The van der Waals surface area contributed by atoms with E-state index in [4.69, 9.17) is 9.52 Å². The molecule has 0 saturated carbocycles. The highest BCUT2D eigenvalue weighted by atomic mass is 19.1. The molecule has 122 valence electrons. The first-order valence-corrected chi connectivity index (χ1v) is 7.39. The van der Waals surface area contributed by atoms with Gasteiger partial charge in [-0.2, -0.15) is 5.26 Å². The second-order valence-corrected chi connectivity index (χ2v) is 5.24. The van der Waals surface area contributed by atoms with Crippen LogP contribution in [-0.2, 0) is 0 Å². The first-order chi connectivity index (χ1) is 12.1. The van der Waals surface area contributed by atoms with E-state index in [1.807, 2.05) is 6.07 Å². The standard InChI is InChI=1S/C20H12FNO3/c21-18-7-2-1-6-17(18)15(12-22)11-16-8-9-19(25-16)13-4-3-5-14(10-13)20(23)24/h1-11H,(H,23,24)/b15-11-. The molecule has 0 saturated heterocycles. The molecule has 3 aromatic rings. The summed E-state index contributed by atoms with van der Waals surface area (Å²) in [5.74, 6) is -0.688. The van der Waals surface area contributed by atoms with Crippen molar-refractivity contribution in [2.45, 2.75) is 0 Å². The van der Waals surface area contributed by atoms with Crippen LogP contribution in [0.4, 0.5) is 4.39 Å². The molecule has 1 heterocycles. The molecule has 0 radical (unpaired) electrons. The summed E-state index contributed by atoms with van der Waals surface area (Å²) in [5.41, 5.74) is 1.08. The molecule has 0 aliphatic rings. The normalized spacial score (nSPS) is 11.1. The number of rotatable bonds is 4. The minimum atomic E-state index is -1.03. The third kappa shape index (κ3) is 3.48. The Morgan fingerprint density at radius 3 is 2.64 bits per heavy atom. The van der Waals surface area contributed by atoms with Crippen LogP contribution in [0.1, 0.15) is 21.7 Å². The van der Waals surface area contributed by atoms with Crippen LogP contribution in [0.2, 0.25) is 0 Å². The van der Waals surface area contributed by atoms with E-state index in [1.54, 1.807) is 36.4 Å². The average Bonchev–Trinajstić information content (AvgIpc) is 3.09. The highest BCUT2D eigenvalue weighted by molar-refractivity contribution is 5.90. The zero-order valence-electron chi connectivity index (χ0n) is 12.9. The van der Waals surface area contributed by atoms with Crippen molar-refractivity contribution in [3.8, 4) is 17.4 Å². The number of nitrogens with zero attached hydrogens (tertiary/aromatic N) is 1. The number of allylic oxidation sites excluding steroid dienone is 1. The van der Waals surface area contributed by atoms with E-state index in [-0.39, 0.29) is 16.7 Å². The molecule has 0 aliphatic carbocycles. The van der Waals surface area contributed by atoms with Gasteiger partial charge in [-0.15, -0.1) is 0 Å². The average molecular weight is 333 g/mol. The number of nitriles is 1. The summed E-state index contributed by atoms with van der Waals surface area (Å²) in [5, 5.41) is 18.3. The Kier molecular flexibility index (Phi) is 4.44. The van der Waals surface area contributed by atoms with Crippen molar-refractivity contribution < 1.29 is 18.7 Å². The Balaban J connectivity index is 1.96. The van der Waals surface area contributed by atoms with Gasteiger partial charge >= 0.3 is 5.97 Å². The summed E-state index contributed by atoms with van der Waals surface area (Å²) >= 11 is 0. The van der Waals surface area contributed by atoms with Gasteiger partial charge in [0.15, 0.2) is 0 Å². The molecule has 0 amide bonds. The van der Waals surface area contributed by atoms with Crippen LogP contribution in [0.3, 0.4) is 0 Å². The van der Waals surface area contributed by atoms with E-state index in [1.165, 1.54) is 30.3 Å². The molecule has 4 nitrogen and oxygen atoms in total. The van der Waals surface area contributed by atoms with Crippen molar-refractivity contribution in [1.82, 2.24) is 0 Å². The van der Waals surface area contributed by atoms with E-state index < -0.39 is 11.8 Å². The highest BCUT2D eigenvalue weighted by Crippen LogP contribution is 2.26. The second kappa shape index (κ2) is 6.85. The maximum Gasteiger partial charge on any atom is 0.335 e. The minimum Gasteiger partial charge on any atom is -0.478 e. The topological polar surface area (TPSA) is 74.2 Å². The SMILES string of the molecule is N#C/C(=C/c1ccc(-c2cccc(C(=O)O)c2)o1)c1ccccc1F. The van der Waals surface area contributed by atoms with Crippen molar-refractivity contribution in [3.05, 3.63) is 83.4 Å². The fraction of sp³-hybridized carbons (Fsp3) is 0. The van der Waals surface area contributed by atoms with Crippen molar-refractivity contribution in [2.75, 3.05) is 0 Å². The summed E-state index contributed by atoms with van der Waals surface area (Å²) in [4.78, 5) is 11.1. The van der Waals surface area contributed by atoms with E-state index in [9.17, 15) is 14.4 Å². The van der Waals surface area contributed by atoms with E-state index in [2.05, 4.69) is 0 Å². The maximum absolute atomic E-state index is 13.8. The Morgan fingerprint density at radius 2 is 1.92 bits per heavy atom. The van der Waals surface area contributed by atoms with Crippen LogP contribution in [0.5, 0.6) is 0 Å². The van der Waals surface area contributed by atoms with Crippen LogP contribution in [0.25, 0.3) is 23.0 Å². The smallest absolute Gasteiger partial charge is 0.335 e. The number of hydrogen-bond donors (Lipinski definition) is 1. The number of carboxylic acids is 1. The van der Waals surface area contributed by atoms with Crippen LogP contribution in [0, 0.1) is 17.1 Å². The minimum absolute atomic E-state index is 0.137. The number of halogens is 1. The predicted octanol–water partition coefficient (Wildman–Crippen LogP) is 4.85. The zero-order chi connectivity index (χ0) is 17.8. The fourth-order valence-corrected chi connectivity index (χ4v) is 2.38. The lowest BCUT2D eigenvalue weighted by Crippen LogP contribution is -1.95. The zero-order valence-corrected chi connectivity index (χ0v) is 12.9. The number of carboxylic acid groups (broad SMARTS) is 1. The predicted molar refractivity (Wildman–Crippen MR) is 91.0 cm³/mol. The van der Waals surface area contributed by atoms with Crippen molar-refractivity contribution in [3.63, 3.8) is 0 Å². The molecule has 0 spiro atoms. The lowest BCUT2D eigenvalue weighted by molar-refractivity contribution is 0.0697. The van der Waals surface area contributed by atoms with Gasteiger partial charge in [0, 0.05) is 11.1 Å². The molecule has 3 rings (SSSR count). The van der Waals surface area contributed by atoms with Crippen LogP contribution < -0.4 is 0 Å². The van der Waals surface area contributed by atoms with Crippen LogP contribution in [-0.4, -0.2) is 11.1 Å². The molecule has 0 fully saturated rings. The molecular formula is C20H12FNO3. The Hall–Kier alpha value is -3.65. The van der Waals surface area contributed by atoms with E-state index in [0.29, 0.717) is 17.1 Å². The van der Waals surface area contributed by atoms with Gasteiger partial charge in [0.1, 0.15) is 17.3 Å². The third-order valence-corrected chi connectivity index (χ3v) is 3.59. The van der Waals surface area contributed by atoms with Crippen molar-refractivity contribution in [2.24, 2.45) is 0 Å². The van der Waals surface area contributed by atoms with Gasteiger partial charge < -0.3 is 9.52 Å². The lowest BCUT2D eigenvalue weighted by Gasteiger charge is -2.00. The summed E-state index contributed by atoms with van der Waals surface area (Å²) in [7, 11) is 0. The molecule has 0 unspecified atom stereocenters. The Bertz CT molecular complexity index is 1010. The molecule has 1 aromatic heterocycles. The van der Waals surface area contributed by atoms with Gasteiger partial charge in [-0.1, -0.05) is 30.3 Å². The number of hydrogen-bond acceptors (Lipinski definition) is 3. The van der Waals surface area contributed by atoms with Gasteiger partial charge in [0.05, 0.1) is 17.2 Å². The molecule has 5 heteroatoms. The number of benzene rings is 2.